The third-order valence-corrected chi connectivity index (χ3v) is 5.71. The predicted molar refractivity (Wildman–Crippen MR) is 109 cm³/mol. The first-order valence-corrected chi connectivity index (χ1v) is 9.82. The average molecular weight is 426 g/mol. The van der Waals surface area contributed by atoms with Crippen LogP contribution in [0.3, 0.4) is 0 Å². The maximum atomic E-state index is 12.8. The van der Waals surface area contributed by atoms with Gasteiger partial charge in [0, 0.05) is 25.2 Å². The molecule has 0 saturated carbocycles. The van der Waals surface area contributed by atoms with E-state index in [9.17, 15) is 19.5 Å². The van der Waals surface area contributed by atoms with E-state index < -0.39 is 11.2 Å². The number of imide groups is 1. The summed E-state index contributed by atoms with van der Waals surface area (Å²) in [4.78, 5) is 41.4. The molecule has 1 atom stereocenters. The van der Waals surface area contributed by atoms with Crippen LogP contribution in [0.15, 0.2) is 47.5 Å². The molecule has 2 heterocycles. The van der Waals surface area contributed by atoms with Gasteiger partial charge in [-0.25, -0.2) is 4.90 Å². The van der Waals surface area contributed by atoms with E-state index in [0.29, 0.717) is 28.0 Å². The number of amides is 2. The Morgan fingerprint density at radius 3 is 2.60 bits per heavy atom. The smallest absolute Gasteiger partial charge is 0.247 e. The lowest BCUT2D eigenvalue weighted by Crippen LogP contribution is -2.32. The van der Waals surface area contributed by atoms with Gasteiger partial charge < -0.3 is 24.7 Å². The van der Waals surface area contributed by atoms with E-state index in [2.05, 4.69) is 10.3 Å². The summed E-state index contributed by atoms with van der Waals surface area (Å²) in [5.74, 6) is -0.816. The van der Waals surface area contributed by atoms with Crippen molar-refractivity contribution in [1.29, 1.82) is 0 Å². The van der Waals surface area contributed by atoms with Crippen LogP contribution >= 0.6 is 11.8 Å². The molecule has 2 aliphatic rings. The number of amidine groups is 1. The van der Waals surface area contributed by atoms with E-state index in [1.165, 1.54) is 24.3 Å². The fraction of sp³-hybridized carbons (Fsp3) is 0.200. The first kappa shape index (κ1) is 19.8. The Balaban J connectivity index is 1.45. The van der Waals surface area contributed by atoms with Gasteiger partial charge in [-0.2, -0.15) is 0 Å². The molecular formula is C20H16N3O6S-. The highest BCUT2D eigenvalue weighted by Crippen LogP contribution is 2.35. The second-order valence-corrected chi connectivity index (χ2v) is 7.63. The minimum absolute atomic E-state index is 0.00752. The maximum Gasteiger partial charge on any atom is 0.247 e. The van der Waals surface area contributed by atoms with Gasteiger partial charge in [0.05, 0.1) is 11.7 Å². The second kappa shape index (κ2) is 8.07. The number of aromatic carboxylic acids is 1. The summed E-state index contributed by atoms with van der Waals surface area (Å²) in [5, 5.41) is 13.8. The lowest BCUT2D eigenvalue weighted by atomic mass is 10.2. The zero-order chi connectivity index (χ0) is 21.3. The van der Waals surface area contributed by atoms with Crippen LogP contribution in [0.4, 0.5) is 11.4 Å². The van der Waals surface area contributed by atoms with Crippen LogP contribution in [-0.4, -0.2) is 42.0 Å². The van der Waals surface area contributed by atoms with Crippen molar-refractivity contribution in [2.24, 2.45) is 4.99 Å². The Morgan fingerprint density at radius 1 is 1.17 bits per heavy atom. The van der Waals surface area contributed by atoms with Crippen molar-refractivity contribution in [1.82, 2.24) is 0 Å². The lowest BCUT2D eigenvalue weighted by molar-refractivity contribution is -0.255. The fourth-order valence-corrected chi connectivity index (χ4v) is 4.07. The predicted octanol–water partition coefficient (Wildman–Crippen LogP) is 1.24. The van der Waals surface area contributed by atoms with Gasteiger partial charge in [0.15, 0.2) is 16.7 Å². The summed E-state index contributed by atoms with van der Waals surface area (Å²) < 4.78 is 10.6. The summed E-state index contributed by atoms with van der Waals surface area (Å²) >= 11 is 1.15. The molecule has 1 N–H and O–H groups in total. The Hall–Kier alpha value is -3.53. The molecule has 2 aromatic carbocycles. The Kier molecular flexibility index (Phi) is 5.32. The number of carbonyl (C=O) groups is 3. The van der Waals surface area contributed by atoms with Gasteiger partial charge in [0.25, 0.3) is 0 Å². The van der Waals surface area contributed by atoms with Crippen LogP contribution in [0.2, 0.25) is 0 Å². The van der Waals surface area contributed by atoms with E-state index in [-0.39, 0.29) is 30.6 Å². The van der Waals surface area contributed by atoms with Crippen LogP contribution in [0.25, 0.3) is 0 Å². The standard InChI is InChI=1S/C20H17N3O6S/c1-21-20(22-12-4-7-14-15(8-12)29-10-28-14)30-16-9-17(24)23(18(16)25)13-5-2-11(3-6-13)19(26)27/h2-8,16H,9-10H2,1H3,(H,21,22)(H,26,27)/p-1/t16-/m1/s1. The minimum Gasteiger partial charge on any atom is -0.545 e. The number of benzene rings is 2. The van der Waals surface area contributed by atoms with Crippen molar-refractivity contribution < 1.29 is 29.0 Å². The number of carboxylic acids is 1. The van der Waals surface area contributed by atoms with Crippen molar-refractivity contribution in [3.63, 3.8) is 0 Å². The van der Waals surface area contributed by atoms with Gasteiger partial charge in [-0.3, -0.25) is 14.6 Å². The van der Waals surface area contributed by atoms with E-state index >= 15 is 0 Å². The summed E-state index contributed by atoms with van der Waals surface area (Å²) in [6, 6.07) is 10.7. The largest absolute Gasteiger partial charge is 0.545 e. The molecule has 30 heavy (non-hydrogen) atoms. The molecule has 0 radical (unpaired) electrons. The first-order chi connectivity index (χ1) is 14.5. The lowest BCUT2D eigenvalue weighted by Gasteiger charge is -2.16. The van der Waals surface area contributed by atoms with E-state index in [1.54, 1.807) is 25.2 Å². The number of thioether (sulfide) groups is 1. The molecule has 0 unspecified atom stereocenters. The van der Waals surface area contributed by atoms with Crippen molar-refractivity contribution in [2.45, 2.75) is 11.7 Å². The van der Waals surface area contributed by atoms with Crippen molar-refractivity contribution in [3.05, 3.63) is 48.0 Å². The number of hydrogen-bond acceptors (Lipinski definition) is 8. The van der Waals surface area contributed by atoms with E-state index in [0.717, 1.165) is 16.7 Å². The number of nitrogens with one attached hydrogen (secondary N) is 1. The van der Waals surface area contributed by atoms with Crippen molar-refractivity contribution in [3.8, 4) is 11.5 Å². The Morgan fingerprint density at radius 2 is 1.90 bits per heavy atom. The highest BCUT2D eigenvalue weighted by Gasteiger charge is 2.40. The number of carbonyl (C=O) groups excluding carboxylic acids is 3. The zero-order valence-corrected chi connectivity index (χ0v) is 16.6. The van der Waals surface area contributed by atoms with Gasteiger partial charge >= 0.3 is 0 Å². The molecule has 2 amide bonds. The Labute approximate surface area is 175 Å². The third kappa shape index (κ3) is 3.81. The first-order valence-electron chi connectivity index (χ1n) is 8.94. The number of nitrogens with zero attached hydrogens (tertiary/aromatic N) is 2. The molecule has 1 saturated heterocycles. The van der Waals surface area contributed by atoms with Gasteiger partial charge in [0.2, 0.25) is 18.6 Å². The highest BCUT2D eigenvalue weighted by molar-refractivity contribution is 8.15. The molecule has 0 aromatic heterocycles. The topological polar surface area (TPSA) is 120 Å². The summed E-state index contributed by atoms with van der Waals surface area (Å²) in [5.41, 5.74) is 0.993. The van der Waals surface area contributed by atoms with Crippen LogP contribution in [0.1, 0.15) is 16.8 Å². The average Bonchev–Trinajstić information content (AvgIpc) is 3.31. The van der Waals surface area contributed by atoms with E-state index in [4.69, 9.17) is 9.47 Å². The monoisotopic (exact) mass is 426 g/mol. The van der Waals surface area contributed by atoms with Gasteiger partial charge in [-0.15, -0.1) is 0 Å². The van der Waals surface area contributed by atoms with Crippen LogP contribution < -0.4 is 24.8 Å². The zero-order valence-electron chi connectivity index (χ0n) is 15.8. The number of hydrogen-bond donors (Lipinski definition) is 1. The number of aliphatic imine (C=N–C) groups is 1. The molecule has 9 nitrogen and oxygen atoms in total. The van der Waals surface area contributed by atoms with Crippen molar-refractivity contribution in [2.75, 3.05) is 24.1 Å². The molecule has 10 heteroatoms. The van der Waals surface area contributed by atoms with Crippen molar-refractivity contribution >= 4 is 46.1 Å². The molecule has 0 bridgehead atoms. The fourth-order valence-electron chi connectivity index (χ4n) is 3.08. The van der Waals surface area contributed by atoms with Gasteiger partial charge in [-0.1, -0.05) is 23.9 Å². The summed E-state index contributed by atoms with van der Waals surface area (Å²) in [6.45, 7) is 0.167. The highest BCUT2D eigenvalue weighted by atomic mass is 32.2. The number of rotatable bonds is 4. The molecule has 2 aromatic rings. The number of fused-ring (bicyclic) bond motifs is 1. The van der Waals surface area contributed by atoms with Gasteiger partial charge in [0.1, 0.15) is 5.25 Å². The van der Waals surface area contributed by atoms with Gasteiger partial charge in [-0.05, 0) is 29.8 Å². The number of ether oxygens (including phenoxy) is 2. The summed E-state index contributed by atoms with van der Waals surface area (Å²) in [7, 11) is 1.58. The maximum absolute atomic E-state index is 12.8. The molecule has 2 aliphatic heterocycles. The van der Waals surface area contributed by atoms with Crippen LogP contribution in [0.5, 0.6) is 11.5 Å². The number of carboxylic acid groups (broad SMARTS) is 1. The molecule has 0 spiro atoms. The SMILES string of the molecule is CN=C(Nc1ccc2c(c1)OCO2)S[C@@H]1CC(=O)N(c2ccc(C(=O)[O-])cc2)C1=O. The third-order valence-electron chi connectivity index (χ3n) is 4.55. The quantitative estimate of drug-likeness (QED) is 0.441. The molecular weight excluding hydrogens is 410 g/mol. The normalized spacial score (nSPS) is 18.1. The number of anilines is 2. The molecule has 4 rings (SSSR count). The molecule has 154 valence electrons. The van der Waals surface area contributed by atoms with Crippen LogP contribution in [-0.2, 0) is 9.59 Å². The minimum atomic E-state index is -1.33. The summed E-state index contributed by atoms with van der Waals surface area (Å²) in [6.07, 6.45) is 0.00752. The molecule has 1 fully saturated rings. The second-order valence-electron chi connectivity index (χ2n) is 6.43. The van der Waals surface area contributed by atoms with Crippen LogP contribution in [0, 0.1) is 0 Å². The van der Waals surface area contributed by atoms with E-state index in [1.807, 2.05) is 0 Å². The molecule has 0 aliphatic carbocycles. The Bertz CT molecular complexity index is 1050.